The fourth-order valence-electron chi connectivity index (χ4n) is 1.77. The molecule has 0 bridgehead atoms. The van der Waals surface area contributed by atoms with Crippen LogP contribution in [0.3, 0.4) is 0 Å². The van der Waals surface area contributed by atoms with E-state index < -0.39 is 11.9 Å². The molecule has 0 radical (unpaired) electrons. The van der Waals surface area contributed by atoms with Crippen molar-refractivity contribution in [1.29, 1.82) is 0 Å². The Balaban J connectivity index is 2.26. The highest BCUT2D eigenvalue weighted by atomic mass is 16.4. The van der Waals surface area contributed by atoms with Crippen LogP contribution in [-0.2, 0) is 6.42 Å². The van der Waals surface area contributed by atoms with E-state index in [4.69, 9.17) is 16.6 Å². The molecule has 2 rings (SSSR count). The van der Waals surface area contributed by atoms with Gasteiger partial charge in [0, 0.05) is 6.42 Å². The third-order valence-corrected chi connectivity index (χ3v) is 2.70. The minimum absolute atomic E-state index is 0.0599. The molecule has 19 heavy (non-hydrogen) atoms. The van der Waals surface area contributed by atoms with Crippen LogP contribution < -0.4 is 11.5 Å². The number of aromatic nitrogens is 2. The molecule has 0 atom stereocenters. The van der Waals surface area contributed by atoms with E-state index in [0.29, 0.717) is 12.1 Å². The van der Waals surface area contributed by atoms with Crippen LogP contribution in [-0.4, -0.2) is 27.2 Å². The zero-order chi connectivity index (χ0) is 14.0. The molecule has 7 nitrogen and oxygen atoms in total. The van der Waals surface area contributed by atoms with E-state index in [9.17, 15) is 9.59 Å². The maximum absolute atomic E-state index is 11.2. The Morgan fingerprint density at radius 1 is 1.26 bits per heavy atom. The van der Waals surface area contributed by atoms with E-state index >= 15 is 0 Å². The van der Waals surface area contributed by atoms with Gasteiger partial charge in [0.15, 0.2) is 5.82 Å². The summed E-state index contributed by atoms with van der Waals surface area (Å²) in [5.74, 6) is -1.58. The number of benzene rings is 1. The number of primary amides is 1. The molecule has 1 amide bonds. The van der Waals surface area contributed by atoms with Crippen molar-refractivity contribution in [2.24, 2.45) is 5.73 Å². The maximum atomic E-state index is 11.2. The van der Waals surface area contributed by atoms with Crippen LogP contribution in [0.25, 0.3) is 0 Å². The van der Waals surface area contributed by atoms with Crippen molar-refractivity contribution >= 4 is 17.7 Å². The molecule has 0 aliphatic rings. The number of carbonyl (C=O) groups excluding carboxylic acids is 1. The van der Waals surface area contributed by atoms with Gasteiger partial charge in [-0.1, -0.05) is 12.1 Å². The summed E-state index contributed by atoms with van der Waals surface area (Å²) in [5.41, 5.74) is 12.4. The maximum Gasteiger partial charge on any atom is 0.335 e. The summed E-state index contributed by atoms with van der Waals surface area (Å²) in [6.45, 7) is 0. The van der Waals surface area contributed by atoms with Gasteiger partial charge in [0.1, 0.15) is 5.56 Å². The van der Waals surface area contributed by atoms with Crippen molar-refractivity contribution in [2.75, 3.05) is 5.73 Å². The third-order valence-electron chi connectivity index (χ3n) is 2.70. The number of hydrogen-bond acceptors (Lipinski definition) is 4. The van der Waals surface area contributed by atoms with Gasteiger partial charge >= 0.3 is 5.97 Å². The van der Waals surface area contributed by atoms with Crippen LogP contribution >= 0.6 is 0 Å². The summed E-state index contributed by atoms with van der Waals surface area (Å²) >= 11 is 0. The van der Waals surface area contributed by atoms with E-state index in [-0.39, 0.29) is 16.9 Å². The van der Waals surface area contributed by atoms with E-state index in [1.54, 1.807) is 12.1 Å². The van der Waals surface area contributed by atoms with Crippen LogP contribution in [0.15, 0.2) is 24.3 Å². The zero-order valence-corrected chi connectivity index (χ0v) is 9.88. The molecular formula is C12H12N4O3. The van der Waals surface area contributed by atoms with Crippen molar-refractivity contribution < 1.29 is 14.7 Å². The van der Waals surface area contributed by atoms with Crippen molar-refractivity contribution in [1.82, 2.24) is 10.2 Å². The molecule has 7 heteroatoms. The van der Waals surface area contributed by atoms with Gasteiger partial charge in [-0.05, 0) is 17.7 Å². The number of nitrogens with two attached hydrogens (primary N) is 2. The molecule has 0 unspecified atom stereocenters. The third kappa shape index (κ3) is 2.54. The number of carboxylic acid groups (broad SMARTS) is 1. The molecule has 0 saturated carbocycles. The predicted octanol–water partition coefficient (Wildman–Crippen LogP) is 0.380. The number of rotatable bonds is 4. The highest BCUT2D eigenvalue weighted by Gasteiger charge is 2.16. The first-order valence-electron chi connectivity index (χ1n) is 5.43. The average molecular weight is 260 g/mol. The number of nitrogens with one attached hydrogen (secondary N) is 1. The first-order chi connectivity index (χ1) is 8.99. The minimum Gasteiger partial charge on any atom is -0.478 e. The first-order valence-corrected chi connectivity index (χ1v) is 5.43. The van der Waals surface area contributed by atoms with Crippen LogP contribution in [0.5, 0.6) is 0 Å². The number of nitrogens with zero attached hydrogens (tertiary/aromatic N) is 1. The Morgan fingerprint density at radius 3 is 2.42 bits per heavy atom. The van der Waals surface area contributed by atoms with Crippen LogP contribution in [0.1, 0.15) is 32.0 Å². The molecule has 0 spiro atoms. The second-order valence-electron chi connectivity index (χ2n) is 4.01. The molecule has 98 valence electrons. The molecule has 0 aliphatic carbocycles. The lowest BCUT2D eigenvalue weighted by Crippen LogP contribution is -2.14. The van der Waals surface area contributed by atoms with Crippen molar-refractivity contribution in [3.8, 4) is 0 Å². The molecule has 0 aliphatic heterocycles. The highest BCUT2D eigenvalue weighted by Crippen LogP contribution is 2.17. The predicted molar refractivity (Wildman–Crippen MR) is 67.7 cm³/mol. The molecule has 1 aromatic heterocycles. The van der Waals surface area contributed by atoms with Crippen LogP contribution in [0, 0.1) is 0 Å². The second kappa shape index (κ2) is 4.81. The molecule has 2 aromatic rings. The zero-order valence-electron chi connectivity index (χ0n) is 9.88. The topological polar surface area (TPSA) is 135 Å². The van der Waals surface area contributed by atoms with Gasteiger partial charge < -0.3 is 16.6 Å². The summed E-state index contributed by atoms with van der Waals surface area (Å²) in [5, 5.41) is 15.2. The highest BCUT2D eigenvalue weighted by molar-refractivity contribution is 5.98. The van der Waals surface area contributed by atoms with Crippen LogP contribution in [0.2, 0.25) is 0 Å². The van der Waals surface area contributed by atoms with E-state index in [1.165, 1.54) is 12.1 Å². The van der Waals surface area contributed by atoms with E-state index in [2.05, 4.69) is 10.2 Å². The van der Waals surface area contributed by atoms with Crippen LogP contribution in [0.4, 0.5) is 5.82 Å². The molecule has 0 saturated heterocycles. The number of carboxylic acids is 1. The largest absolute Gasteiger partial charge is 0.478 e. The number of nitrogen functional groups attached to an aromatic ring is 1. The normalized spacial score (nSPS) is 10.3. The lowest BCUT2D eigenvalue weighted by atomic mass is 10.0. The van der Waals surface area contributed by atoms with Gasteiger partial charge in [-0.15, -0.1) is 0 Å². The first kappa shape index (κ1) is 12.6. The van der Waals surface area contributed by atoms with Crippen molar-refractivity contribution in [3.05, 3.63) is 46.6 Å². The molecule has 1 heterocycles. The Labute approximate surface area is 108 Å². The average Bonchev–Trinajstić information content (AvgIpc) is 2.71. The lowest BCUT2D eigenvalue weighted by Gasteiger charge is -2.02. The number of hydrogen-bond donors (Lipinski definition) is 4. The van der Waals surface area contributed by atoms with Gasteiger partial charge in [0.2, 0.25) is 0 Å². The number of H-pyrrole nitrogens is 1. The molecule has 0 fully saturated rings. The number of aromatic carboxylic acids is 1. The van der Waals surface area contributed by atoms with Gasteiger partial charge in [0.25, 0.3) is 5.91 Å². The number of amides is 1. The van der Waals surface area contributed by atoms with Gasteiger partial charge in [0.05, 0.1) is 11.3 Å². The Bertz CT molecular complexity index is 631. The Morgan fingerprint density at radius 2 is 1.89 bits per heavy atom. The van der Waals surface area contributed by atoms with Crippen molar-refractivity contribution in [3.63, 3.8) is 0 Å². The van der Waals surface area contributed by atoms with E-state index in [1.807, 2.05) is 0 Å². The number of anilines is 1. The fraction of sp³-hybridized carbons (Fsp3) is 0.0833. The Hall–Kier alpha value is -2.83. The summed E-state index contributed by atoms with van der Waals surface area (Å²) in [6.07, 6.45) is 0.363. The van der Waals surface area contributed by atoms with Gasteiger partial charge in [-0.3, -0.25) is 9.89 Å². The molecule has 1 aromatic carbocycles. The SMILES string of the molecule is NC(=O)c1c(N)n[nH]c1Cc1ccc(C(=O)O)cc1. The van der Waals surface area contributed by atoms with E-state index in [0.717, 1.165) is 5.56 Å². The second-order valence-corrected chi connectivity index (χ2v) is 4.01. The molecule has 6 N–H and O–H groups in total. The Kier molecular flexibility index (Phi) is 3.19. The summed E-state index contributed by atoms with van der Waals surface area (Å²) in [7, 11) is 0. The fourth-order valence-corrected chi connectivity index (χ4v) is 1.77. The smallest absolute Gasteiger partial charge is 0.335 e. The summed E-state index contributed by atoms with van der Waals surface area (Å²) in [6, 6.07) is 6.29. The quantitative estimate of drug-likeness (QED) is 0.630. The van der Waals surface area contributed by atoms with Crippen molar-refractivity contribution in [2.45, 2.75) is 6.42 Å². The monoisotopic (exact) mass is 260 g/mol. The standard InChI is InChI=1S/C12H12N4O3/c13-10-9(11(14)17)8(15-16-10)5-6-1-3-7(4-2-6)12(18)19/h1-4H,5H2,(H2,14,17)(H,18,19)(H3,13,15,16). The number of carbonyl (C=O) groups is 2. The summed E-state index contributed by atoms with van der Waals surface area (Å²) < 4.78 is 0. The lowest BCUT2D eigenvalue weighted by molar-refractivity contribution is 0.0696. The minimum atomic E-state index is -0.991. The van der Waals surface area contributed by atoms with Gasteiger partial charge in [-0.25, -0.2) is 4.79 Å². The van der Waals surface area contributed by atoms with Gasteiger partial charge in [-0.2, -0.15) is 5.10 Å². The summed E-state index contributed by atoms with van der Waals surface area (Å²) in [4.78, 5) is 22.0. The number of aromatic amines is 1. The molecular weight excluding hydrogens is 248 g/mol.